The van der Waals surface area contributed by atoms with Gasteiger partial charge >= 0.3 is 0 Å². The SMILES string of the molecule is C=CCN(c1ccc(C)cc1)c1nc(=O)c2cccnc2s1. The number of hydrogen-bond donors (Lipinski definition) is 0. The molecule has 3 aromatic rings. The molecule has 2 aromatic heterocycles. The zero-order valence-corrected chi connectivity index (χ0v) is 13.0. The fourth-order valence-electron chi connectivity index (χ4n) is 2.15. The fraction of sp³-hybridized carbons (Fsp3) is 0.118. The molecule has 3 rings (SSSR count). The summed E-state index contributed by atoms with van der Waals surface area (Å²) in [6, 6.07) is 11.6. The predicted molar refractivity (Wildman–Crippen MR) is 92.1 cm³/mol. The number of aromatic nitrogens is 2. The Hall–Kier alpha value is -2.53. The van der Waals surface area contributed by atoms with E-state index in [1.54, 1.807) is 24.4 Å². The van der Waals surface area contributed by atoms with Crippen molar-refractivity contribution in [3.63, 3.8) is 0 Å². The van der Waals surface area contributed by atoms with E-state index in [9.17, 15) is 4.79 Å². The summed E-state index contributed by atoms with van der Waals surface area (Å²) in [7, 11) is 0. The van der Waals surface area contributed by atoms with Gasteiger partial charge in [-0.25, -0.2) is 4.98 Å². The molecular formula is C17H15N3OS. The molecule has 1 aromatic carbocycles. The number of benzene rings is 1. The van der Waals surface area contributed by atoms with Crippen LogP contribution < -0.4 is 10.5 Å². The van der Waals surface area contributed by atoms with Gasteiger partial charge in [0.2, 0.25) is 0 Å². The fourth-order valence-corrected chi connectivity index (χ4v) is 3.13. The van der Waals surface area contributed by atoms with Crippen LogP contribution >= 0.6 is 11.3 Å². The minimum absolute atomic E-state index is 0.252. The molecule has 0 radical (unpaired) electrons. The Morgan fingerprint density at radius 3 is 2.77 bits per heavy atom. The molecule has 0 N–H and O–H groups in total. The molecule has 2 heterocycles. The van der Waals surface area contributed by atoms with E-state index in [0.717, 1.165) is 5.69 Å². The van der Waals surface area contributed by atoms with Crippen molar-refractivity contribution in [3.8, 4) is 0 Å². The van der Waals surface area contributed by atoms with Crippen molar-refractivity contribution in [1.82, 2.24) is 9.97 Å². The highest BCUT2D eigenvalue weighted by molar-refractivity contribution is 7.21. The van der Waals surface area contributed by atoms with Crippen LogP contribution in [0, 0.1) is 6.92 Å². The second-order valence-corrected chi connectivity index (χ2v) is 5.85. The van der Waals surface area contributed by atoms with Gasteiger partial charge in [-0.15, -0.1) is 6.58 Å². The highest BCUT2D eigenvalue weighted by atomic mass is 32.1. The Labute approximate surface area is 132 Å². The molecule has 0 saturated heterocycles. The largest absolute Gasteiger partial charge is 0.314 e. The molecule has 0 unspecified atom stereocenters. The standard InChI is InChI=1S/C17H15N3OS/c1-3-11-20(13-8-6-12(2)7-9-13)17-19-15(21)14-5-4-10-18-16(14)22-17/h3-10H,1,11H2,2H3. The molecule has 0 spiro atoms. The molecule has 110 valence electrons. The van der Waals surface area contributed by atoms with Gasteiger partial charge in [0.05, 0.1) is 5.39 Å². The Bertz CT molecular complexity index is 871. The Kier molecular flexibility index (Phi) is 3.98. The van der Waals surface area contributed by atoms with Crippen LogP contribution in [0.3, 0.4) is 0 Å². The monoisotopic (exact) mass is 309 g/mol. The maximum absolute atomic E-state index is 12.2. The topological polar surface area (TPSA) is 46.1 Å². The number of anilines is 2. The molecule has 0 aliphatic carbocycles. The molecule has 0 aliphatic heterocycles. The molecular weight excluding hydrogens is 294 g/mol. The second-order valence-electron chi connectivity index (χ2n) is 4.89. The van der Waals surface area contributed by atoms with Crippen LogP contribution in [0.25, 0.3) is 10.2 Å². The second kappa shape index (κ2) is 6.07. The zero-order valence-electron chi connectivity index (χ0n) is 12.2. The number of fused-ring (bicyclic) bond motifs is 1. The Balaban J connectivity index is 2.14. The quantitative estimate of drug-likeness (QED) is 0.690. The average molecular weight is 309 g/mol. The van der Waals surface area contributed by atoms with Gasteiger partial charge in [0, 0.05) is 18.4 Å². The van der Waals surface area contributed by atoms with E-state index in [4.69, 9.17) is 0 Å². The summed E-state index contributed by atoms with van der Waals surface area (Å²) in [4.78, 5) is 23.4. The van der Waals surface area contributed by atoms with E-state index in [2.05, 4.69) is 16.5 Å². The smallest absolute Gasteiger partial charge is 0.282 e. The molecule has 0 aliphatic rings. The lowest BCUT2D eigenvalue weighted by Gasteiger charge is -2.21. The van der Waals surface area contributed by atoms with Crippen LogP contribution in [0.1, 0.15) is 5.56 Å². The normalized spacial score (nSPS) is 10.6. The zero-order chi connectivity index (χ0) is 15.5. The molecule has 22 heavy (non-hydrogen) atoms. The van der Waals surface area contributed by atoms with Gasteiger partial charge in [-0.05, 0) is 31.2 Å². The highest BCUT2D eigenvalue weighted by Gasteiger charge is 2.13. The first-order valence-corrected chi connectivity index (χ1v) is 7.71. The lowest BCUT2D eigenvalue weighted by molar-refractivity contribution is 1.06. The van der Waals surface area contributed by atoms with Gasteiger partial charge in [0.1, 0.15) is 4.83 Å². The van der Waals surface area contributed by atoms with E-state index in [-0.39, 0.29) is 5.56 Å². The van der Waals surface area contributed by atoms with Crippen molar-refractivity contribution < 1.29 is 0 Å². The van der Waals surface area contributed by atoms with E-state index in [1.165, 1.54) is 16.9 Å². The number of pyridine rings is 1. The lowest BCUT2D eigenvalue weighted by atomic mass is 10.2. The van der Waals surface area contributed by atoms with Crippen molar-refractivity contribution in [2.45, 2.75) is 6.92 Å². The predicted octanol–water partition coefficient (Wildman–Crippen LogP) is 3.68. The van der Waals surface area contributed by atoms with Gasteiger partial charge in [-0.1, -0.05) is 35.1 Å². The Morgan fingerprint density at radius 1 is 1.27 bits per heavy atom. The number of hydrogen-bond acceptors (Lipinski definition) is 5. The Morgan fingerprint density at radius 2 is 2.05 bits per heavy atom. The third kappa shape index (κ3) is 2.76. The highest BCUT2D eigenvalue weighted by Crippen LogP contribution is 2.28. The van der Waals surface area contributed by atoms with Gasteiger partial charge in [0.25, 0.3) is 5.56 Å². The minimum atomic E-state index is -0.252. The van der Waals surface area contributed by atoms with E-state index in [0.29, 0.717) is 21.9 Å². The van der Waals surface area contributed by atoms with Gasteiger partial charge in [-0.3, -0.25) is 4.79 Å². The van der Waals surface area contributed by atoms with Gasteiger partial charge in [-0.2, -0.15) is 4.98 Å². The summed E-state index contributed by atoms with van der Waals surface area (Å²) in [6.07, 6.45) is 3.48. The van der Waals surface area contributed by atoms with Crippen molar-refractivity contribution >= 4 is 32.4 Å². The molecule has 5 heteroatoms. The summed E-state index contributed by atoms with van der Waals surface area (Å²) >= 11 is 1.40. The van der Waals surface area contributed by atoms with E-state index < -0.39 is 0 Å². The van der Waals surface area contributed by atoms with Crippen molar-refractivity contribution in [2.75, 3.05) is 11.4 Å². The van der Waals surface area contributed by atoms with Crippen LogP contribution in [-0.4, -0.2) is 16.5 Å². The van der Waals surface area contributed by atoms with Crippen molar-refractivity contribution in [1.29, 1.82) is 0 Å². The summed E-state index contributed by atoms with van der Waals surface area (Å²) in [5, 5.41) is 1.18. The van der Waals surface area contributed by atoms with Crippen molar-refractivity contribution in [2.24, 2.45) is 0 Å². The molecule has 0 atom stereocenters. The first kappa shape index (κ1) is 14.4. The summed E-state index contributed by atoms with van der Waals surface area (Å²) < 4.78 is 0. The van der Waals surface area contributed by atoms with Crippen LogP contribution in [0.5, 0.6) is 0 Å². The molecule has 4 nitrogen and oxygen atoms in total. The molecule has 0 bridgehead atoms. The third-order valence-electron chi connectivity index (χ3n) is 3.27. The number of nitrogens with zero attached hydrogens (tertiary/aromatic N) is 3. The molecule has 0 saturated carbocycles. The van der Waals surface area contributed by atoms with Crippen molar-refractivity contribution in [3.05, 3.63) is 71.2 Å². The van der Waals surface area contributed by atoms with Crippen LogP contribution in [0.4, 0.5) is 10.8 Å². The van der Waals surface area contributed by atoms with Crippen LogP contribution in [0.2, 0.25) is 0 Å². The molecule has 0 amide bonds. The summed E-state index contributed by atoms with van der Waals surface area (Å²) in [5.41, 5.74) is 1.91. The lowest BCUT2D eigenvalue weighted by Crippen LogP contribution is -2.20. The number of aryl methyl sites for hydroxylation is 1. The minimum Gasteiger partial charge on any atom is -0.314 e. The summed E-state index contributed by atoms with van der Waals surface area (Å²) in [6.45, 7) is 6.41. The van der Waals surface area contributed by atoms with Crippen LogP contribution in [-0.2, 0) is 0 Å². The average Bonchev–Trinajstić information content (AvgIpc) is 2.54. The van der Waals surface area contributed by atoms with Gasteiger partial charge in [0.15, 0.2) is 5.13 Å². The van der Waals surface area contributed by atoms with E-state index >= 15 is 0 Å². The first-order chi connectivity index (χ1) is 10.7. The van der Waals surface area contributed by atoms with E-state index in [1.807, 2.05) is 36.1 Å². The van der Waals surface area contributed by atoms with Crippen LogP contribution in [0.15, 0.2) is 60.0 Å². The summed E-state index contributed by atoms with van der Waals surface area (Å²) in [5.74, 6) is 0. The maximum Gasteiger partial charge on any atom is 0.282 e. The van der Waals surface area contributed by atoms with Gasteiger partial charge < -0.3 is 4.90 Å². The maximum atomic E-state index is 12.2. The first-order valence-electron chi connectivity index (χ1n) is 6.90. The molecule has 0 fully saturated rings. The number of rotatable bonds is 4. The third-order valence-corrected chi connectivity index (χ3v) is 4.29.